The Labute approximate surface area is 104 Å². The molecule has 1 aliphatic heterocycles. The molecule has 0 saturated carbocycles. The van der Waals surface area contributed by atoms with Crippen LogP contribution in [-0.2, 0) is 4.79 Å². The average Bonchev–Trinajstić information content (AvgIpc) is 2.27. The van der Waals surface area contributed by atoms with Crippen LogP contribution in [0.4, 0.5) is 0 Å². The van der Waals surface area contributed by atoms with E-state index in [1.165, 1.54) is 12.8 Å². The highest BCUT2D eigenvalue weighted by Gasteiger charge is 2.31. The van der Waals surface area contributed by atoms with Crippen LogP contribution in [0.5, 0.6) is 0 Å². The molecule has 1 heterocycles. The molecular weight excluding hydrogens is 216 g/mol. The van der Waals surface area contributed by atoms with Gasteiger partial charge < -0.3 is 15.3 Å². The van der Waals surface area contributed by atoms with Crippen molar-refractivity contribution in [2.24, 2.45) is 11.3 Å². The molecule has 0 aromatic carbocycles. The summed E-state index contributed by atoms with van der Waals surface area (Å²) in [5.41, 5.74) is -0.630. The minimum absolute atomic E-state index is 0.630. The monoisotopic (exact) mass is 242 g/mol. The summed E-state index contributed by atoms with van der Waals surface area (Å²) in [5.74, 6) is 0.0615. The summed E-state index contributed by atoms with van der Waals surface area (Å²) >= 11 is 0. The first kappa shape index (κ1) is 14.5. The second-order valence-electron chi connectivity index (χ2n) is 5.72. The largest absolute Gasteiger partial charge is 0.481 e. The number of carboxylic acids is 1. The number of likely N-dealkylation sites (tertiary alicyclic amines) is 1. The second-order valence-corrected chi connectivity index (χ2v) is 5.72. The van der Waals surface area contributed by atoms with E-state index in [1.54, 1.807) is 13.8 Å². The summed E-state index contributed by atoms with van der Waals surface area (Å²) in [6.07, 6.45) is 2.37. The van der Waals surface area contributed by atoms with Gasteiger partial charge in [-0.2, -0.15) is 0 Å². The standard InChI is InChI=1S/C13H26N2O2/c1-4-14-9-11-5-7-15(8-6-11)10-13(2,3)12(16)17/h11,14H,4-10H2,1-3H3,(H,16,17). The molecule has 1 fully saturated rings. The maximum absolute atomic E-state index is 11.1. The van der Waals surface area contributed by atoms with E-state index in [0.29, 0.717) is 6.54 Å². The molecule has 4 heteroatoms. The van der Waals surface area contributed by atoms with Crippen molar-refractivity contribution in [3.05, 3.63) is 0 Å². The van der Waals surface area contributed by atoms with Crippen LogP contribution < -0.4 is 5.32 Å². The summed E-state index contributed by atoms with van der Waals surface area (Å²) in [5, 5.41) is 12.5. The van der Waals surface area contributed by atoms with Gasteiger partial charge in [-0.25, -0.2) is 0 Å². The quantitative estimate of drug-likeness (QED) is 0.739. The van der Waals surface area contributed by atoms with Gasteiger partial charge in [-0.3, -0.25) is 4.79 Å². The van der Waals surface area contributed by atoms with E-state index in [9.17, 15) is 4.79 Å². The zero-order valence-corrected chi connectivity index (χ0v) is 11.3. The number of hydrogen-bond donors (Lipinski definition) is 2. The predicted molar refractivity (Wildman–Crippen MR) is 69.1 cm³/mol. The van der Waals surface area contributed by atoms with Crippen molar-refractivity contribution in [2.75, 3.05) is 32.7 Å². The summed E-state index contributed by atoms with van der Waals surface area (Å²) < 4.78 is 0. The van der Waals surface area contributed by atoms with Crippen molar-refractivity contribution >= 4 is 5.97 Å². The van der Waals surface area contributed by atoms with Gasteiger partial charge in [0, 0.05) is 6.54 Å². The molecule has 1 aliphatic rings. The van der Waals surface area contributed by atoms with Crippen molar-refractivity contribution in [1.82, 2.24) is 10.2 Å². The number of carboxylic acid groups (broad SMARTS) is 1. The lowest BCUT2D eigenvalue weighted by molar-refractivity contribution is -0.148. The van der Waals surface area contributed by atoms with E-state index in [4.69, 9.17) is 5.11 Å². The van der Waals surface area contributed by atoms with Crippen LogP contribution in [0.2, 0.25) is 0 Å². The van der Waals surface area contributed by atoms with E-state index in [-0.39, 0.29) is 0 Å². The third kappa shape index (κ3) is 4.64. The fourth-order valence-electron chi connectivity index (χ4n) is 2.32. The Morgan fingerprint density at radius 2 is 2.00 bits per heavy atom. The lowest BCUT2D eigenvalue weighted by atomic mass is 9.90. The van der Waals surface area contributed by atoms with Gasteiger partial charge in [-0.15, -0.1) is 0 Å². The summed E-state index contributed by atoms with van der Waals surface area (Å²) in [7, 11) is 0. The lowest BCUT2D eigenvalue weighted by Gasteiger charge is -2.35. The van der Waals surface area contributed by atoms with Crippen LogP contribution >= 0.6 is 0 Å². The minimum atomic E-state index is -0.702. The number of rotatable bonds is 6. The third-order valence-electron chi connectivity index (χ3n) is 3.59. The molecule has 1 rings (SSSR count). The van der Waals surface area contributed by atoms with Gasteiger partial charge in [-0.1, -0.05) is 6.92 Å². The maximum atomic E-state index is 11.1. The van der Waals surface area contributed by atoms with Crippen molar-refractivity contribution < 1.29 is 9.90 Å². The van der Waals surface area contributed by atoms with Gasteiger partial charge >= 0.3 is 5.97 Å². The molecule has 1 saturated heterocycles. The van der Waals surface area contributed by atoms with E-state index in [1.807, 2.05) is 0 Å². The molecule has 0 aromatic rings. The smallest absolute Gasteiger partial charge is 0.310 e. The molecule has 0 spiro atoms. The van der Waals surface area contributed by atoms with Gasteiger partial charge in [0.2, 0.25) is 0 Å². The van der Waals surface area contributed by atoms with E-state index < -0.39 is 11.4 Å². The van der Waals surface area contributed by atoms with Crippen LogP contribution in [0.25, 0.3) is 0 Å². The zero-order chi connectivity index (χ0) is 12.9. The fourth-order valence-corrected chi connectivity index (χ4v) is 2.32. The first-order valence-electron chi connectivity index (χ1n) is 6.62. The van der Waals surface area contributed by atoms with Crippen molar-refractivity contribution in [2.45, 2.75) is 33.6 Å². The number of hydrogen-bond acceptors (Lipinski definition) is 3. The van der Waals surface area contributed by atoms with Crippen LogP contribution in [-0.4, -0.2) is 48.7 Å². The van der Waals surface area contributed by atoms with Crippen LogP contribution in [0.1, 0.15) is 33.6 Å². The van der Waals surface area contributed by atoms with Crippen LogP contribution in [0.15, 0.2) is 0 Å². The summed E-state index contributed by atoms with van der Waals surface area (Å²) in [4.78, 5) is 13.4. The Hall–Kier alpha value is -0.610. The van der Waals surface area contributed by atoms with Crippen molar-refractivity contribution in [1.29, 1.82) is 0 Å². The Morgan fingerprint density at radius 3 is 2.47 bits per heavy atom. The number of aliphatic carboxylic acids is 1. The topological polar surface area (TPSA) is 52.6 Å². The lowest BCUT2D eigenvalue weighted by Crippen LogP contribution is -2.44. The Morgan fingerprint density at radius 1 is 1.41 bits per heavy atom. The molecule has 2 N–H and O–H groups in total. The molecular formula is C13H26N2O2. The molecule has 100 valence electrons. The van der Waals surface area contributed by atoms with Gasteiger partial charge in [-0.05, 0) is 58.8 Å². The minimum Gasteiger partial charge on any atom is -0.481 e. The van der Waals surface area contributed by atoms with Crippen molar-refractivity contribution in [3.63, 3.8) is 0 Å². The highest BCUT2D eigenvalue weighted by atomic mass is 16.4. The SMILES string of the molecule is CCNCC1CCN(CC(C)(C)C(=O)O)CC1. The molecule has 0 aromatic heterocycles. The predicted octanol–water partition coefficient (Wildman–Crippen LogP) is 1.42. The Kier molecular flexibility index (Phi) is 5.40. The molecule has 4 nitrogen and oxygen atoms in total. The Balaban J connectivity index is 2.30. The molecule has 0 bridgehead atoms. The van der Waals surface area contributed by atoms with Crippen molar-refractivity contribution in [3.8, 4) is 0 Å². The third-order valence-corrected chi connectivity index (χ3v) is 3.59. The van der Waals surface area contributed by atoms with Gasteiger partial charge in [0.15, 0.2) is 0 Å². The van der Waals surface area contributed by atoms with Gasteiger partial charge in [0.05, 0.1) is 5.41 Å². The fraction of sp³-hybridized carbons (Fsp3) is 0.923. The van der Waals surface area contributed by atoms with Crippen LogP contribution in [0.3, 0.4) is 0 Å². The highest BCUT2D eigenvalue weighted by Crippen LogP contribution is 2.22. The molecule has 17 heavy (non-hydrogen) atoms. The molecule has 0 unspecified atom stereocenters. The molecule has 0 atom stereocenters. The molecule has 0 radical (unpaired) electrons. The number of nitrogens with one attached hydrogen (secondary N) is 1. The maximum Gasteiger partial charge on any atom is 0.310 e. The van der Waals surface area contributed by atoms with E-state index in [0.717, 1.165) is 32.1 Å². The van der Waals surface area contributed by atoms with Crippen LogP contribution in [0, 0.1) is 11.3 Å². The first-order chi connectivity index (χ1) is 7.95. The number of nitrogens with zero attached hydrogens (tertiary/aromatic N) is 1. The Bertz CT molecular complexity index is 246. The first-order valence-corrected chi connectivity index (χ1v) is 6.62. The highest BCUT2D eigenvalue weighted by molar-refractivity contribution is 5.73. The van der Waals surface area contributed by atoms with E-state index >= 15 is 0 Å². The van der Waals surface area contributed by atoms with Gasteiger partial charge in [0.1, 0.15) is 0 Å². The van der Waals surface area contributed by atoms with E-state index in [2.05, 4.69) is 17.1 Å². The number of carbonyl (C=O) groups is 1. The average molecular weight is 242 g/mol. The zero-order valence-electron chi connectivity index (χ0n) is 11.3. The second kappa shape index (κ2) is 6.36. The summed E-state index contributed by atoms with van der Waals surface area (Å²) in [6.45, 7) is 10.6. The number of piperidine rings is 1. The molecule has 0 aliphatic carbocycles. The summed E-state index contributed by atoms with van der Waals surface area (Å²) in [6, 6.07) is 0. The molecule has 0 amide bonds. The normalized spacial score (nSPS) is 19.5. The van der Waals surface area contributed by atoms with Gasteiger partial charge in [0.25, 0.3) is 0 Å².